The minimum atomic E-state index is -1.49. The number of benzene rings is 1. The minimum Gasteiger partial charge on any atom is -0.505 e. The van der Waals surface area contributed by atoms with Gasteiger partial charge in [0.25, 0.3) is 0 Å². The van der Waals surface area contributed by atoms with Crippen molar-refractivity contribution in [1.82, 2.24) is 0 Å². The lowest BCUT2D eigenvalue weighted by Crippen LogP contribution is -2.20. The van der Waals surface area contributed by atoms with Crippen molar-refractivity contribution in [2.75, 3.05) is 0 Å². The minimum absolute atomic E-state index is 0.200. The zero-order valence-electron chi connectivity index (χ0n) is 6.87. The van der Waals surface area contributed by atoms with Gasteiger partial charge in [0.2, 0.25) is 0 Å². The van der Waals surface area contributed by atoms with Crippen LogP contribution in [-0.4, -0.2) is 16.2 Å². The lowest BCUT2D eigenvalue weighted by molar-refractivity contribution is -0.138. The molecule has 1 atom stereocenters. The second kappa shape index (κ2) is 3.59. The SMILES string of the molecule is N[C@@H](C(=O)O)c1cc(O)c(F)c(F)c1. The van der Waals surface area contributed by atoms with Crippen molar-refractivity contribution >= 4 is 5.97 Å². The van der Waals surface area contributed by atoms with Gasteiger partial charge in [0, 0.05) is 0 Å². The van der Waals surface area contributed by atoms with Crippen LogP contribution < -0.4 is 5.73 Å². The molecule has 0 unspecified atom stereocenters. The molecule has 1 rings (SSSR count). The van der Waals surface area contributed by atoms with E-state index in [1.54, 1.807) is 0 Å². The normalized spacial score (nSPS) is 12.5. The topological polar surface area (TPSA) is 83.6 Å². The van der Waals surface area contributed by atoms with Gasteiger partial charge in [-0.3, -0.25) is 4.79 Å². The quantitative estimate of drug-likeness (QED) is 0.662. The van der Waals surface area contributed by atoms with Gasteiger partial charge < -0.3 is 15.9 Å². The first kappa shape index (κ1) is 10.4. The fourth-order valence-electron chi connectivity index (χ4n) is 0.917. The Morgan fingerprint density at radius 3 is 2.43 bits per heavy atom. The highest BCUT2D eigenvalue weighted by molar-refractivity contribution is 5.75. The number of phenols is 1. The maximum atomic E-state index is 12.7. The maximum absolute atomic E-state index is 12.7. The maximum Gasteiger partial charge on any atom is 0.325 e. The van der Waals surface area contributed by atoms with Crippen LogP contribution in [0.5, 0.6) is 5.75 Å². The van der Waals surface area contributed by atoms with Crippen LogP contribution in [0.4, 0.5) is 8.78 Å². The van der Waals surface area contributed by atoms with Crippen LogP contribution in [-0.2, 0) is 4.79 Å². The monoisotopic (exact) mass is 203 g/mol. The number of carboxylic acid groups (broad SMARTS) is 1. The zero-order chi connectivity index (χ0) is 10.9. The van der Waals surface area contributed by atoms with E-state index in [9.17, 15) is 13.6 Å². The van der Waals surface area contributed by atoms with Crippen molar-refractivity contribution in [3.05, 3.63) is 29.3 Å². The van der Waals surface area contributed by atoms with Gasteiger partial charge in [0.15, 0.2) is 17.4 Å². The molecule has 76 valence electrons. The third-order valence-corrected chi connectivity index (χ3v) is 1.66. The molecule has 0 aliphatic carbocycles. The summed E-state index contributed by atoms with van der Waals surface area (Å²) in [5, 5.41) is 17.3. The van der Waals surface area contributed by atoms with Crippen molar-refractivity contribution < 1.29 is 23.8 Å². The van der Waals surface area contributed by atoms with Crippen molar-refractivity contribution in [3.8, 4) is 5.75 Å². The first-order valence-electron chi connectivity index (χ1n) is 3.59. The molecule has 1 aromatic carbocycles. The van der Waals surface area contributed by atoms with E-state index in [-0.39, 0.29) is 5.56 Å². The van der Waals surface area contributed by atoms with Gasteiger partial charge in [-0.05, 0) is 17.7 Å². The molecule has 0 saturated carbocycles. The Bertz CT molecular complexity index is 358. The molecule has 0 bridgehead atoms. The molecule has 0 heterocycles. The van der Waals surface area contributed by atoms with E-state index < -0.39 is 29.4 Å². The molecule has 0 aliphatic rings. The first-order chi connectivity index (χ1) is 6.43. The molecule has 4 nitrogen and oxygen atoms in total. The van der Waals surface area contributed by atoms with Gasteiger partial charge in [0.1, 0.15) is 6.04 Å². The van der Waals surface area contributed by atoms with E-state index in [1.165, 1.54) is 0 Å². The number of halogens is 2. The van der Waals surface area contributed by atoms with Gasteiger partial charge >= 0.3 is 5.97 Å². The Balaban J connectivity index is 3.19. The van der Waals surface area contributed by atoms with Crippen LogP contribution in [0.1, 0.15) is 11.6 Å². The summed E-state index contributed by atoms with van der Waals surface area (Å²) in [6.45, 7) is 0. The summed E-state index contributed by atoms with van der Waals surface area (Å²) in [6, 6.07) is -0.0820. The molecule has 0 spiro atoms. The Kier molecular flexibility index (Phi) is 2.66. The van der Waals surface area contributed by atoms with Gasteiger partial charge in [-0.25, -0.2) is 4.39 Å². The van der Waals surface area contributed by atoms with Crippen LogP contribution in [0.3, 0.4) is 0 Å². The van der Waals surface area contributed by atoms with Crippen LogP contribution in [0.2, 0.25) is 0 Å². The third-order valence-electron chi connectivity index (χ3n) is 1.66. The zero-order valence-corrected chi connectivity index (χ0v) is 6.87. The van der Waals surface area contributed by atoms with E-state index in [1.807, 2.05) is 0 Å². The molecular formula is C8H7F2NO3. The number of rotatable bonds is 2. The Morgan fingerprint density at radius 1 is 1.43 bits per heavy atom. The number of hydrogen-bond acceptors (Lipinski definition) is 3. The highest BCUT2D eigenvalue weighted by Crippen LogP contribution is 2.23. The van der Waals surface area contributed by atoms with Gasteiger partial charge in [-0.15, -0.1) is 0 Å². The number of nitrogens with two attached hydrogens (primary N) is 1. The summed E-state index contributed by atoms with van der Waals surface area (Å²) in [5.41, 5.74) is 4.93. The predicted octanol–water partition coefficient (Wildman–Crippen LogP) is 0.755. The van der Waals surface area contributed by atoms with Crippen LogP contribution >= 0.6 is 0 Å². The van der Waals surface area contributed by atoms with Crippen molar-refractivity contribution in [2.24, 2.45) is 5.73 Å². The molecule has 0 aliphatic heterocycles. The fraction of sp³-hybridized carbons (Fsp3) is 0.125. The number of aliphatic carboxylic acids is 1. The second-order valence-corrected chi connectivity index (χ2v) is 2.65. The van der Waals surface area contributed by atoms with Crippen LogP contribution in [0.15, 0.2) is 12.1 Å². The molecule has 14 heavy (non-hydrogen) atoms. The summed E-state index contributed by atoms with van der Waals surface area (Å²) in [7, 11) is 0. The Labute approximate surface area is 77.6 Å². The van der Waals surface area contributed by atoms with Gasteiger partial charge in [-0.1, -0.05) is 0 Å². The molecule has 4 N–H and O–H groups in total. The third kappa shape index (κ3) is 1.80. The summed E-state index contributed by atoms with van der Waals surface area (Å²) < 4.78 is 25.2. The molecular weight excluding hydrogens is 196 g/mol. The lowest BCUT2D eigenvalue weighted by Gasteiger charge is -2.07. The summed E-state index contributed by atoms with van der Waals surface area (Å²) >= 11 is 0. The Morgan fingerprint density at radius 2 is 2.00 bits per heavy atom. The number of phenolic OH excluding ortho intramolecular Hbond substituents is 1. The van der Waals surface area contributed by atoms with Crippen LogP contribution in [0, 0.1) is 11.6 Å². The van der Waals surface area contributed by atoms with Crippen molar-refractivity contribution in [2.45, 2.75) is 6.04 Å². The molecule has 0 aromatic heterocycles. The van der Waals surface area contributed by atoms with E-state index >= 15 is 0 Å². The fourth-order valence-corrected chi connectivity index (χ4v) is 0.917. The first-order valence-corrected chi connectivity index (χ1v) is 3.59. The lowest BCUT2D eigenvalue weighted by atomic mass is 10.1. The smallest absolute Gasteiger partial charge is 0.325 e. The average Bonchev–Trinajstić information content (AvgIpc) is 2.12. The molecule has 0 radical (unpaired) electrons. The van der Waals surface area contributed by atoms with Crippen LogP contribution in [0.25, 0.3) is 0 Å². The molecule has 0 saturated heterocycles. The van der Waals surface area contributed by atoms with Crippen molar-refractivity contribution in [1.29, 1.82) is 0 Å². The van der Waals surface area contributed by atoms with E-state index in [0.29, 0.717) is 6.07 Å². The predicted molar refractivity (Wildman–Crippen MR) is 42.6 cm³/mol. The molecule has 6 heteroatoms. The molecule has 0 fully saturated rings. The van der Waals surface area contributed by atoms with E-state index in [4.69, 9.17) is 15.9 Å². The number of aromatic hydroxyl groups is 1. The van der Waals surface area contributed by atoms with Gasteiger partial charge in [-0.2, -0.15) is 4.39 Å². The molecule has 0 amide bonds. The standard InChI is InChI=1S/C8H7F2NO3/c9-4-1-3(7(11)8(13)14)2-5(12)6(4)10/h1-2,7,12H,11H2,(H,13,14)/t7-/m1/s1. The van der Waals surface area contributed by atoms with Crippen molar-refractivity contribution in [3.63, 3.8) is 0 Å². The summed E-state index contributed by atoms with van der Waals surface area (Å²) in [5.74, 6) is -5.12. The average molecular weight is 203 g/mol. The van der Waals surface area contributed by atoms with E-state index in [2.05, 4.69) is 0 Å². The largest absolute Gasteiger partial charge is 0.505 e. The second-order valence-electron chi connectivity index (χ2n) is 2.65. The van der Waals surface area contributed by atoms with Gasteiger partial charge in [0.05, 0.1) is 0 Å². The summed E-state index contributed by atoms with van der Waals surface area (Å²) in [4.78, 5) is 10.4. The number of carboxylic acids is 1. The summed E-state index contributed by atoms with van der Waals surface area (Å²) in [6.07, 6.45) is 0. The number of carbonyl (C=O) groups is 1. The number of hydrogen-bond donors (Lipinski definition) is 3. The highest BCUT2D eigenvalue weighted by atomic mass is 19.2. The highest BCUT2D eigenvalue weighted by Gasteiger charge is 2.18. The molecule has 1 aromatic rings. The Hall–Kier alpha value is -1.69. The van der Waals surface area contributed by atoms with E-state index in [0.717, 1.165) is 6.07 Å².